The number of ketones is 1. The number of carbonyl (C=O) groups is 2. The van der Waals surface area contributed by atoms with Crippen LogP contribution in [0.5, 0.6) is 0 Å². The largest absolute Gasteiger partial charge is 0.498 e. The molecular formula is C25H36O4. The van der Waals surface area contributed by atoms with E-state index < -0.39 is 5.60 Å². The monoisotopic (exact) mass is 400 g/mol. The zero-order valence-corrected chi connectivity index (χ0v) is 18.7. The highest BCUT2D eigenvalue weighted by Crippen LogP contribution is 2.67. The third-order valence-corrected chi connectivity index (χ3v) is 9.07. The normalized spacial score (nSPS) is 43.3. The van der Waals surface area contributed by atoms with Crippen molar-refractivity contribution in [3.63, 3.8) is 0 Å². The summed E-state index contributed by atoms with van der Waals surface area (Å²) in [5, 5.41) is 0. The number of allylic oxidation sites excluding steroid dienone is 4. The lowest BCUT2D eigenvalue weighted by Crippen LogP contribution is -2.58. The fraction of sp³-hybridized carbons (Fsp3) is 0.760. The highest BCUT2D eigenvalue weighted by atomic mass is 16.6. The van der Waals surface area contributed by atoms with Crippen LogP contribution < -0.4 is 0 Å². The van der Waals surface area contributed by atoms with Crippen LogP contribution in [0.3, 0.4) is 0 Å². The Morgan fingerprint density at radius 2 is 1.83 bits per heavy atom. The summed E-state index contributed by atoms with van der Waals surface area (Å²) in [6, 6.07) is 0. The molecule has 0 bridgehead atoms. The van der Waals surface area contributed by atoms with Crippen molar-refractivity contribution in [1.29, 1.82) is 0 Å². The van der Waals surface area contributed by atoms with E-state index in [1.807, 2.05) is 6.92 Å². The van der Waals surface area contributed by atoms with Crippen molar-refractivity contribution in [2.24, 2.45) is 28.6 Å². The Kier molecular flexibility index (Phi) is 4.99. The summed E-state index contributed by atoms with van der Waals surface area (Å²) >= 11 is 0. The number of hydrogen-bond donors (Lipinski definition) is 0. The maximum absolute atomic E-state index is 12.8. The van der Waals surface area contributed by atoms with Crippen LogP contribution in [0.15, 0.2) is 23.5 Å². The van der Waals surface area contributed by atoms with E-state index in [-0.39, 0.29) is 22.6 Å². The molecule has 4 aliphatic carbocycles. The van der Waals surface area contributed by atoms with Gasteiger partial charge in [0, 0.05) is 18.8 Å². The van der Waals surface area contributed by atoms with Crippen LogP contribution in [-0.4, -0.2) is 24.0 Å². The van der Waals surface area contributed by atoms with E-state index in [0.29, 0.717) is 24.2 Å². The van der Waals surface area contributed by atoms with E-state index in [0.717, 1.165) is 50.9 Å². The van der Waals surface area contributed by atoms with Crippen molar-refractivity contribution in [3.8, 4) is 0 Å². The smallest absolute Gasteiger partial charge is 0.303 e. The van der Waals surface area contributed by atoms with Gasteiger partial charge in [0.2, 0.25) is 0 Å². The van der Waals surface area contributed by atoms with Gasteiger partial charge >= 0.3 is 5.97 Å². The minimum Gasteiger partial charge on any atom is -0.498 e. The van der Waals surface area contributed by atoms with E-state index >= 15 is 0 Å². The van der Waals surface area contributed by atoms with Gasteiger partial charge < -0.3 is 9.47 Å². The quantitative estimate of drug-likeness (QED) is 0.595. The van der Waals surface area contributed by atoms with Crippen LogP contribution in [0.4, 0.5) is 0 Å². The Morgan fingerprint density at radius 3 is 2.48 bits per heavy atom. The summed E-state index contributed by atoms with van der Waals surface area (Å²) < 4.78 is 11.7. The van der Waals surface area contributed by atoms with Crippen molar-refractivity contribution in [1.82, 2.24) is 0 Å². The minimum atomic E-state index is -0.937. The summed E-state index contributed by atoms with van der Waals surface area (Å²) in [6.07, 6.45) is 11.6. The Labute approximate surface area is 175 Å². The minimum absolute atomic E-state index is 0.0244. The molecular weight excluding hydrogens is 364 g/mol. The molecule has 0 heterocycles. The summed E-state index contributed by atoms with van der Waals surface area (Å²) in [5.41, 5.74) is 0.448. The van der Waals surface area contributed by atoms with Gasteiger partial charge in [-0.05, 0) is 87.2 Å². The molecule has 0 saturated heterocycles. The van der Waals surface area contributed by atoms with Gasteiger partial charge in [0.25, 0.3) is 0 Å². The third-order valence-electron chi connectivity index (χ3n) is 9.07. The van der Waals surface area contributed by atoms with E-state index in [9.17, 15) is 9.59 Å². The maximum atomic E-state index is 12.8. The van der Waals surface area contributed by atoms with Crippen LogP contribution in [0.1, 0.15) is 79.6 Å². The molecule has 4 heteroatoms. The topological polar surface area (TPSA) is 52.6 Å². The SMILES string of the molecule is CCOC1=CC2=CCC3C(CCC4(C)C3CCC4(OC(C)=O)C(C)=O)C2(C)CC1. The Balaban J connectivity index is 1.68. The molecule has 0 radical (unpaired) electrons. The van der Waals surface area contributed by atoms with Crippen molar-refractivity contribution in [3.05, 3.63) is 23.5 Å². The molecule has 6 unspecified atom stereocenters. The fourth-order valence-electron chi connectivity index (χ4n) is 7.66. The molecule has 0 amide bonds. The zero-order valence-electron chi connectivity index (χ0n) is 18.7. The summed E-state index contributed by atoms with van der Waals surface area (Å²) in [4.78, 5) is 24.7. The first-order valence-corrected chi connectivity index (χ1v) is 11.4. The predicted octanol–water partition coefficient (Wildman–Crippen LogP) is 5.37. The lowest BCUT2D eigenvalue weighted by molar-refractivity contribution is -0.186. The van der Waals surface area contributed by atoms with Gasteiger partial charge in [0.1, 0.15) is 0 Å². The first kappa shape index (κ1) is 20.7. The predicted molar refractivity (Wildman–Crippen MR) is 112 cm³/mol. The molecule has 0 aromatic rings. The molecule has 4 rings (SSSR count). The van der Waals surface area contributed by atoms with Crippen molar-refractivity contribution >= 4 is 11.8 Å². The first-order chi connectivity index (χ1) is 13.7. The highest BCUT2D eigenvalue weighted by Gasteiger charge is 2.67. The number of fused-ring (bicyclic) bond motifs is 5. The molecule has 29 heavy (non-hydrogen) atoms. The Morgan fingerprint density at radius 1 is 1.10 bits per heavy atom. The van der Waals surface area contributed by atoms with Crippen molar-refractivity contribution in [2.75, 3.05) is 6.61 Å². The zero-order chi connectivity index (χ0) is 21.0. The van der Waals surface area contributed by atoms with E-state index in [2.05, 4.69) is 26.0 Å². The Bertz CT molecular complexity index is 780. The van der Waals surface area contributed by atoms with Gasteiger partial charge in [-0.1, -0.05) is 19.9 Å². The van der Waals surface area contributed by atoms with Gasteiger partial charge in [-0.15, -0.1) is 0 Å². The number of esters is 1. The second kappa shape index (κ2) is 6.99. The molecule has 4 nitrogen and oxygen atoms in total. The number of ether oxygens (including phenoxy) is 2. The molecule has 2 saturated carbocycles. The summed E-state index contributed by atoms with van der Waals surface area (Å²) in [5.74, 6) is 2.43. The fourth-order valence-corrected chi connectivity index (χ4v) is 7.66. The summed E-state index contributed by atoms with van der Waals surface area (Å²) in [6.45, 7) is 10.5. The van der Waals surface area contributed by atoms with Gasteiger partial charge in [-0.2, -0.15) is 0 Å². The van der Waals surface area contributed by atoms with Crippen LogP contribution in [0.2, 0.25) is 0 Å². The van der Waals surface area contributed by atoms with Crippen LogP contribution >= 0.6 is 0 Å². The lowest BCUT2D eigenvalue weighted by Gasteiger charge is -2.58. The molecule has 0 aliphatic heterocycles. The molecule has 160 valence electrons. The summed E-state index contributed by atoms with van der Waals surface area (Å²) in [7, 11) is 0. The van der Waals surface area contributed by atoms with E-state index in [1.165, 1.54) is 12.5 Å². The number of rotatable bonds is 4. The van der Waals surface area contributed by atoms with Crippen molar-refractivity contribution < 1.29 is 19.1 Å². The molecule has 0 spiro atoms. The van der Waals surface area contributed by atoms with Crippen molar-refractivity contribution in [2.45, 2.75) is 85.2 Å². The average Bonchev–Trinajstić information content (AvgIpc) is 2.95. The van der Waals surface area contributed by atoms with Crippen LogP contribution in [0.25, 0.3) is 0 Å². The van der Waals surface area contributed by atoms with E-state index in [4.69, 9.17) is 9.47 Å². The van der Waals surface area contributed by atoms with Gasteiger partial charge in [0.15, 0.2) is 11.4 Å². The van der Waals surface area contributed by atoms with Gasteiger partial charge in [-0.25, -0.2) is 0 Å². The standard InChI is InChI=1S/C25H36O4/c1-6-28-19-9-12-23(4)18(15-19)7-8-20-21(23)10-13-24(5)22(20)11-14-25(24,16(2)26)29-17(3)27/h7,15,20-22H,6,8-14H2,1-5H3. The molecule has 0 aromatic heterocycles. The molecule has 0 N–H and O–H groups in total. The average molecular weight is 401 g/mol. The van der Waals surface area contributed by atoms with Gasteiger partial charge in [-0.3, -0.25) is 9.59 Å². The van der Waals surface area contributed by atoms with Gasteiger partial charge in [0.05, 0.1) is 12.4 Å². The first-order valence-electron chi connectivity index (χ1n) is 11.4. The Hall–Kier alpha value is -1.58. The number of carbonyl (C=O) groups excluding carboxylic acids is 2. The number of Topliss-reactive ketones (excluding diaryl/α,β-unsaturated/α-hetero) is 1. The molecule has 6 atom stereocenters. The molecule has 4 aliphatic rings. The van der Waals surface area contributed by atoms with E-state index in [1.54, 1.807) is 6.92 Å². The maximum Gasteiger partial charge on any atom is 0.303 e. The lowest BCUT2D eigenvalue weighted by atomic mass is 9.47. The second-order valence-corrected chi connectivity index (χ2v) is 10.2. The third kappa shape index (κ3) is 2.84. The van der Waals surface area contributed by atoms with Crippen LogP contribution in [0, 0.1) is 28.6 Å². The highest BCUT2D eigenvalue weighted by molar-refractivity contribution is 5.89. The van der Waals surface area contributed by atoms with Crippen LogP contribution in [-0.2, 0) is 19.1 Å². The molecule has 2 fully saturated rings. The number of hydrogen-bond acceptors (Lipinski definition) is 4. The second-order valence-electron chi connectivity index (χ2n) is 10.2. The molecule has 0 aromatic carbocycles.